The number of carbonyl (C=O) groups is 1. The molecule has 2 aromatic carbocycles. The smallest absolute Gasteiger partial charge is 0.392 e. The van der Waals surface area contributed by atoms with Crippen LogP contribution in [0.25, 0.3) is 0 Å². The van der Waals surface area contributed by atoms with Crippen LogP contribution in [0.4, 0.5) is 24.5 Å². The highest BCUT2D eigenvalue weighted by atomic mass is 35.5. The summed E-state index contributed by atoms with van der Waals surface area (Å²) in [6, 6.07) is 9.30. The molecule has 1 unspecified atom stereocenters. The van der Waals surface area contributed by atoms with Crippen molar-refractivity contribution in [1.29, 1.82) is 0 Å². The molecule has 8 heteroatoms. The molecule has 25 heavy (non-hydrogen) atoms. The lowest BCUT2D eigenvalue weighted by atomic mass is 10.1. The van der Waals surface area contributed by atoms with Gasteiger partial charge < -0.3 is 15.7 Å². The minimum atomic E-state index is -4.60. The van der Waals surface area contributed by atoms with Gasteiger partial charge in [0.05, 0.1) is 17.2 Å². The zero-order valence-corrected chi connectivity index (χ0v) is 13.9. The summed E-state index contributed by atoms with van der Waals surface area (Å²) in [5.74, 6) is -0.509. The van der Waals surface area contributed by atoms with Gasteiger partial charge in [-0.2, -0.15) is 13.2 Å². The monoisotopic (exact) mass is 372 g/mol. The lowest BCUT2D eigenvalue weighted by Crippen LogP contribution is -2.32. The number of aliphatic hydroxyl groups is 1. The maximum absolute atomic E-state index is 12.9. The van der Waals surface area contributed by atoms with Crippen LogP contribution in [0.15, 0.2) is 42.5 Å². The lowest BCUT2D eigenvalue weighted by molar-refractivity contribution is -0.137. The molecule has 134 valence electrons. The molecule has 0 saturated carbocycles. The third-order valence-electron chi connectivity index (χ3n) is 3.43. The van der Waals surface area contributed by atoms with E-state index in [9.17, 15) is 18.0 Å². The summed E-state index contributed by atoms with van der Waals surface area (Å²) in [6.07, 6.45) is -4.60. The molecule has 0 saturated heterocycles. The first-order valence-corrected chi connectivity index (χ1v) is 7.72. The van der Waals surface area contributed by atoms with E-state index in [1.165, 1.54) is 6.07 Å². The number of alkyl halides is 3. The Balaban J connectivity index is 2.08. The Hall–Kier alpha value is -2.25. The van der Waals surface area contributed by atoms with Crippen molar-refractivity contribution in [3.63, 3.8) is 0 Å². The van der Waals surface area contributed by atoms with Crippen LogP contribution in [-0.2, 0) is 17.6 Å². The maximum Gasteiger partial charge on any atom is 0.417 e. The molecule has 0 bridgehead atoms. The molecule has 4 nitrogen and oxygen atoms in total. The predicted octanol–water partition coefficient (Wildman–Crippen LogP) is 4.29. The first-order chi connectivity index (χ1) is 11.7. The Morgan fingerprint density at radius 3 is 2.56 bits per heavy atom. The molecule has 2 rings (SSSR count). The first-order valence-electron chi connectivity index (χ1n) is 7.34. The molecule has 1 atom stereocenters. The average Bonchev–Trinajstić information content (AvgIpc) is 2.55. The molecule has 0 aliphatic rings. The number of carbonyl (C=O) groups excluding carboxylic acids is 1. The van der Waals surface area contributed by atoms with Gasteiger partial charge in [-0.15, -0.1) is 0 Å². The molecule has 3 N–H and O–H groups in total. The highest BCUT2D eigenvalue weighted by Gasteiger charge is 2.33. The lowest BCUT2D eigenvalue weighted by Gasteiger charge is -2.17. The van der Waals surface area contributed by atoms with Gasteiger partial charge >= 0.3 is 6.18 Å². The quantitative estimate of drug-likeness (QED) is 0.733. The van der Waals surface area contributed by atoms with Crippen molar-refractivity contribution in [2.24, 2.45) is 0 Å². The van der Waals surface area contributed by atoms with Crippen LogP contribution in [-0.4, -0.2) is 17.1 Å². The van der Waals surface area contributed by atoms with Gasteiger partial charge in [0.25, 0.3) is 0 Å². The highest BCUT2D eigenvalue weighted by molar-refractivity contribution is 6.31. The fourth-order valence-electron chi connectivity index (χ4n) is 2.15. The second-order valence-electron chi connectivity index (χ2n) is 5.41. The van der Waals surface area contributed by atoms with Crippen LogP contribution >= 0.6 is 11.6 Å². The van der Waals surface area contributed by atoms with Gasteiger partial charge in [-0.1, -0.05) is 23.7 Å². The number of rotatable bonds is 5. The van der Waals surface area contributed by atoms with Crippen molar-refractivity contribution in [2.45, 2.75) is 25.7 Å². The van der Waals surface area contributed by atoms with Crippen LogP contribution in [0, 0.1) is 0 Å². The first kappa shape index (κ1) is 19.1. The minimum Gasteiger partial charge on any atom is -0.392 e. The van der Waals surface area contributed by atoms with E-state index >= 15 is 0 Å². The van der Waals surface area contributed by atoms with Gasteiger partial charge in [0.2, 0.25) is 5.91 Å². The van der Waals surface area contributed by atoms with Crippen molar-refractivity contribution in [3.05, 3.63) is 58.6 Å². The van der Waals surface area contributed by atoms with Crippen LogP contribution in [0.1, 0.15) is 18.1 Å². The molecule has 0 aromatic heterocycles. The van der Waals surface area contributed by atoms with Crippen molar-refractivity contribution >= 4 is 28.9 Å². The van der Waals surface area contributed by atoms with Crippen LogP contribution in [0.2, 0.25) is 5.02 Å². The molecule has 0 spiro atoms. The number of hydrogen-bond acceptors (Lipinski definition) is 3. The average molecular weight is 373 g/mol. The van der Waals surface area contributed by atoms with E-state index in [1.54, 1.807) is 31.2 Å². The number of aliphatic hydroxyl groups excluding tert-OH is 1. The van der Waals surface area contributed by atoms with E-state index in [2.05, 4.69) is 10.6 Å². The zero-order chi connectivity index (χ0) is 18.6. The van der Waals surface area contributed by atoms with Crippen molar-refractivity contribution in [3.8, 4) is 0 Å². The van der Waals surface area contributed by atoms with Crippen molar-refractivity contribution in [2.75, 3.05) is 10.6 Å². The number of benzene rings is 2. The summed E-state index contributed by atoms with van der Waals surface area (Å²) in [7, 11) is 0. The van der Waals surface area contributed by atoms with Gasteiger partial charge in [-0.25, -0.2) is 0 Å². The Labute approximate surface area is 147 Å². The Morgan fingerprint density at radius 1 is 1.20 bits per heavy atom. The third-order valence-corrected chi connectivity index (χ3v) is 3.75. The van der Waals surface area contributed by atoms with E-state index in [4.69, 9.17) is 16.7 Å². The maximum atomic E-state index is 12.9. The molecular formula is C17H16ClF3N2O2. The molecule has 1 amide bonds. The fourth-order valence-corrected chi connectivity index (χ4v) is 2.37. The highest BCUT2D eigenvalue weighted by Crippen LogP contribution is 2.36. The summed E-state index contributed by atoms with van der Waals surface area (Å²) in [4.78, 5) is 12.2. The molecule has 0 fully saturated rings. The van der Waals surface area contributed by atoms with E-state index in [1.807, 2.05) is 0 Å². The summed E-state index contributed by atoms with van der Waals surface area (Å²) >= 11 is 5.55. The van der Waals surface area contributed by atoms with Crippen LogP contribution in [0.3, 0.4) is 0 Å². The second-order valence-corrected chi connectivity index (χ2v) is 5.81. The summed E-state index contributed by atoms with van der Waals surface area (Å²) in [6.45, 7) is 1.43. The molecule has 0 radical (unpaired) electrons. The molecular weight excluding hydrogens is 357 g/mol. The van der Waals surface area contributed by atoms with Crippen LogP contribution < -0.4 is 10.6 Å². The Morgan fingerprint density at radius 2 is 1.92 bits per heavy atom. The summed E-state index contributed by atoms with van der Waals surface area (Å²) in [5, 5.41) is 14.0. The Kier molecular flexibility index (Phi) is 5.92. The van der Waals surface area contributed by atoms with Gasteiger partial charge in [0.1, 0.15) is 6.04 Å². The predicted molar refractivity (Wildman–Crippen MR) is 90.5 cm³/mol. The number of halogens is 4. The molecule has 0 aliphatic carbocycles. The minimum absolute atomic E-state index is 0.000478. The zero-order valence-electron chi connectivity index (χ0n) is 13.2. The SMILES string of the molecule is CC(Nc1cccc(CO)c1)C(=O)Nc1ccc(Cl)c(C(F)(F)F)c1. The number of hydrogen-bond donors (Lipinski definition) is 3. The standard InChI is InChI=1S/C17H16ClF3N2O2/c1-10(22-12-4-2-3-11(7-12)9-24)16(25)23-13-5-6-15(18)14(8-13)17(19,20)21/h2-8,10,22,24H,9H2,1H3,(H,23,25). The number of amides is 1. The molecule has 2 aromatic rings. The van der Waals surface area contributed by atoms with Crippen molar-refractivity contribution < 1.29 is 23.1 Å². The fraction of sp³-hybridized carbons (Fsp3) is 0.235. The molecule has 0 aliphatic heterocycles. The van der Waals surface area contributed by atoms with E-state index < -0.39 is 28.7 Å². The van der Waals surface area contributed by atoms with Gasteiger partial charge in [-0.05, 0) is 42.8 Å². The van der Waals surface area contributed by atoms with Gasteiger partial charge in [-0.3, -0.25) is 4.79 Å². The number of nitrogens with one attached hydrogen (secondary N) is 2. The van der Waals surface area contributed by atoms with E-state index in [-0.39, 0.29) is 12.3 Å². The van der Waals surface area contributed by atoms with Gasteiger partial charge in [0, 0.05) is 11.4 Å². The largest absolute Gasteiger partial charge is 0.417 e. The van der Waals surface area contributed by atoms with Gasteiger partial charge in [0.15, 0.2) is 0 Å². The van der Waals surface area contributed by atoms with E-state index in [0.717, 1.165) is 12.1 Å². The Bertz CT molecular complexity index is 766. The number of anilines is 2. The normalized spacial score (nSPS) is 12.6. The third kappa shape index (κ3) is 5.11. The second kappa shape index (κ2) is 7.76. The van der Waals surface area contributed by atoms with Crippen LogP contribution in [0.5, 0.6) is 0 Å². The van der Waals surface area contributed by atoms with E-state index in [0.29, 0.717) is 11.3 Å². The molecule has 0 heterocycles. The summed E-state index contributed by atoms with van der Waals surface area (Å²) in [5.41, 5.74) is 0.272. The topological polar surface area (TPSA) is 61.4 Å². The summed E-state index contributed by atoms with van der Waals surface area (Å²) < 4.78 is 38.6. The van der Waals surface area contributed by atoms with Crippen molar-refractivity contribution in [1.82, 2.24) is 0 Å².